The Kier molecular flexibility index (Phi) is 5.39. The maximum Gasteiger partial charge on any atom is 0.225 e. The fourth-order valence-electron chi connectivity index (χ4n) is 4.58. The van der Waals surface area contributed by atoms with Crippen molar-refractivity contribution in [2.75, 3.05) is 13.1 Å². The van der Waals surface area contributed by atoms with Gasteiger partial charge in [0, 0.05) is 36.5 Å². The zero-order chi connectivity index (χ0) is 18.9. The van der Waals surface area contributed by atoms with E-state index in [-0.39, 0.29) is 23.3 Å². The Morgan fingerprint density at radius 3 is 2.38 bits per heavy atom. The number of piperidine rings is 1. The Labute approximate surface area is 155 Å². The molecule has 0 aromatic carbocycles. The second kappa shape index (κ2) is 7.41. The van der Waals surface area contributed by atoms with Crippen molar-refractivity contribution in [3.05, 3.63) is 17.0 Å². The maximum atomic E-state index is 12.7. The molecular weight excluding hydrogens is 330 g/mol. The van der Waals surface area contributed by atoms with Crippen molar-refractivity contribution in [2.24, 2.45) is 5.92 Å². The van der Waals surface area contributed by atoms with E-state index in [0.29, 0.717) is 13.0 Å². The lowest BCUT2D eigenvalue weighted by molar-refractivity contribution is -0.140. The normalized spacial score (nSPS) is 19.8. The molecule has 1 spiro atoms. The zero-order valence-electron chi connectivity index (χ0n) is 16.5. The molecule has 1 aromatic rings. The minimum atomic E-state index is -0.113. The molecule has 0 aliphatic carbocycles. The molecule has 2 aliphatic heterocycles. The Balaban J connectivity index is 1.72. The number of hydrogen-bond acceptors (Lipinski definition) is 4. The van der Waals surface area contributed by atoms with Crippen LogP contribution in [0.2, 0.25) is 0 Å². The van der Waals surface area contributed by atoms with E-state index in [2.05, 4.69) is 19.0 Å². The number of aromatic nitrogens is 1. The summed E-state index contributed by atoms with van der Waals surface area (Å²) in [5, 5.41) is 4.02. The van der Waals surface area contributed by atoms with E-state index in [1.54, 1.807) is 0 Å². The number of carbonyl (C=O) groups excluding carboxylic acids is 2. The first-order chi connectivity index (χ1) is 12.4. The third kappa shape index (κ3) is 3.26. The minimum absolute atomic E-state index is 0.113. The van der Waals surface area contributed by atoms with Crippen LogP contribution in [0.15, 0.2) is 4.52 Å². The molecule has 0 N–H and O–H groups in total. The van der Waals surface area contributed by atoms with E-state index in [9.17, 15) is 9.59 Å². The monoisotopic (exact) mass is 361 g/mol. The zero-order valence-corrected chi connectivity index (χ0v) is 16.5. The van der Waals surface area contributed by atoms with Gasteiger partial charge in [0.05, 0.1) is 12.2 Å². The number of nitrogens with zero attached hydrogens (tertiary/aromatic N) is 3. The van der Waals surface area contributed by atoms with Gasteiger partial charge in [-0.05, 0) is 46.0 Å². The number of likely N-dealkylation sites (tertiary alicyclic amines) is 2. The lowest BCUT2D eigenvalue weighted by Crippen LogP contribution is -2.54. The number of carbonyl (C=O) groups is 2. The standard InChI is InChI=1S/C20H31N3O3/c1-5-16(6-2)19(25)22-11-9-20(10-12-22)8-7-18(24)23(20)13-17-14(3)21-26-15(17)4/h16H,5-13H2,1-4H3. The van der Waals surface area contributed by atoms with Crippen LogP contribution in [-0.4, -0.2) is 45.4 Å². The first-order valence-corrected chi connectivity index (χ1v) is 9.93. The molecule has 0 unspecified atom stereocenters. The maximum absolute atomic E-state index is 12.7. The molecule has 2 aliphatic rings. The van der Waals surface area contributed by atoms with E-state index in [1.807, 2.05) is 23.6 Å². The van der Waals surface area contributed by atoms with Gasteiger partial charge in [0.15, 0.2) is 0 Å². The van der Waals surface area contributed by atoms with E-state index < -0.39 is 0 Å². The van der Waals surface area contributed by atoms with Gasteiger partial charge in [0.1, 0.15) is 5.76 Å². The molecule has 2 amide bonds. The van der Waals surface area contributed by atoms with Gasteiger partial charge in [-0.1, -0.05) is 19.0 Å². The smallest absolute Gasteiger partial charge is 0.225 e. The van der Waals surface area contributed by atoms with Crippen molar-refractivity contribution in [1.29, 1.82) is 0 Å². The molecule has 1 aromatic heterocycles. The summed E-state index contributed by atoms with van der Waals surface area (Å²) in [7, 11) is 0. The highest BCUT2D eigenvalue weighted by Crippen LogP contribution is 2.41. The molecule has 6 nitrogen and oxygen atoms in total. The molecule has 3 rings (SSSR count). The van der Waals surface area contributed by atoms with Crippen LogP contribution < -0.4 is 0 Å². The summed E-state index contributed by atoms with van der Waals surface area (Å²) >= 11 is 0. The molecule has 0 bridgehead atoms. The average molecular weight is 361 g/mol. The van der Waals surface area contributed by atoms with Crippen LogP contribution in [0.4, 0.5) is 0 Å². The SMILES string of the molecule is CCC(CC)C(=O)N1CCC2(CCC(=O)N2Cc2c(C)noc2C)CC1. The van der Waals surface area contributed by atoms with Crippen LogP contribution >= 0.6 is 0 Å². The Morgan fingerprint density at radius 2 is 1.85 bits per heavy atom. The molecule has 6 heteroatoms. The van der Waals surface area contributed by atoms with Crippen LogP contribution in [0.1, 0.15) is 69.4 Å². The number of rotatable bonds is 5. The number of hydrogen-bond donors (Lipinski definition) is 0. The van der Waals surface area contributed by atoms with Gasteiger partial charge < -0.3 is 14.3 Å². The van der Waals surface area contributed by atoms with E-state index in [0.717, 1.165) is 62.2 Å². The molecule has 3 heterocycles. The summed E-state index contributed by atoms with van der Waals surface area (Å²) in [4.78, 5) is 29.3. The van der Waals surface area contributed by atoms with E-state index in [1.165, 1.54) is 0 Å². The van der Waals surface area contributed by atoms with Crippen molar-refractivity contribution >= 4 is 11.8 Å². The fraction of sp³-hybridized carbons (Fsp3) is 0.750. The summed E-state index contributed by atoms with van der Waals surface area (Å²) < 4.78 is 5.28. The molecule has 0 saturated carbocycles. The third-order valence-electron chi connectivity index (χ3n) is 6.52. The van der Waals surface area contributed by atoms with E-state index >= 15 is 0 Å². The van der Waals surface area contributed by atoms with Crippen molar-refractivity contribution < 1.29 is 14.1 Å². The van der Waals surface area contributed by atoms with Gasteiger partial charge in [0.25, 0.3) is 0 Å². The summed E-state index contributed by atoms with van der Waals surface area (Å²) in [5.74, 6) is 1.42. The molecule has 144 valence electrons. The first-order valence-electron chi connectivity index (χ1n) is 9.93. The summed E-state index contributed by atoms with van der Waals surface area (Å²) in [5.41, 5.74) is 1.77. The van der Waals surface area contributed by atoms with Gasteiger partial charge in [-0.2, -0.15) is 0 Å². The van der Waals surface area contributed by atoms with E-state index in [4.69, 9.17) is 4.52 Å². The van der Waals surface area contributed by atoms with Crippen LogP contribution in [0.3, 0.4) is 0 Å². The Morgan fingerprint density at radius 1 is 1.19 bits per heavy atom. The lowest BCUT2D eigenvalue weighted by atomic mass is 9.84. The van der Waals surface area contributed by atoms with Crippen molar-refractivity contribution in [3.8, 4) is 0 Å². The predicted molar refractivity (Wildman–Crippen MR) is 98.4 cm³/mol. The van der Waals surface area contributed by atoms with Crippen LogP contribution in [0.25, 0.3) is 0 Å². The van der Waals surface area contributed by atoms with Crippen LogP contribution in [0.5, 0.6) is 0 Å². The molecular formula is C20H31N3O3. The molecule has 0 atom stereocenters. The Hall–Kier alpha value is -1.85. The number of aryl methyl sites for hydroxylation is 2. The van der Waals surface area contributed by atoms with Crippen molar-refractivity contribution in [2.45, 2.75) is 78.3 Å². The largest absolute Gasteiger partial charge is 0.361 e. The van der Waals surface area contributed by atoms with Gasteiger partial charge in [-0.3, -0.25) is 9.59 Å². The van der Waals surface area contributed by atoms with Crippen LogP contribution in [-0.2, 0) is 16.1 Å². The van der Waals surface area contributed by atoms with Gasteiger partial charge in [-0.15, -0.1) is 0 Å². The summed E-state index contributed by atoms with van der Waals surface area (Å²) in [6.45, 7) is 10.1. The highest BCUT2D eigenvalue weighted by atomic mass is 16.5. The Bertz CT molecular complexity index is 650. The second-order valence-corrected chi connectivity index (χ2v) is 7.85. The topological polar surface area (TPSA) is 66.7 Å². The highest BCUT2D eigenvalue weighted by Gasteiger charge is 2.47. The highest BCUT2D eigenvalue weighted by molar-refractivity contribution is 5.81. The third-order valence-corrected chi connectivity index (χ3v) is 6.52. The molecule has 0 radical (unpaired) electrons. The fourth-order valence-corrected chi connectivity index (χ4v) is 4.58. The van der Waals surface area contributed by atoms with Gasteiger partial charge >= 0.3 is 0 Å². The average Bonchev–Trinajstić information content (AvgIpc) is 3.12. The number of amides is 2. The predicted octanol–water partition coefficient (Wildman–Crippen LogP) is 3.21. The minimum Gasteiger partial charge on any atom is -0.361 e. The molecule has 26 heavy (non-hydrogen) atoms. The first kappa shape index (κ1) is 18.9. The molecule has 2 saturated heterocycles. The van der Waals surface area contributed by atoms with Crippen molar-refractivity contribution in [3.63, 3.8) is 0 Å². The summed E-state index contributed by atoms with van der Waals surface area (Å²) in [6, 6.07) is 0. The quantitative estimate of drug-likeness (QED) is 0.808. The lowest BCUT2D eigenvalue weighted by Gasteiger charge is -2.45. The van der Waals surface area contributed by atoms with Gasteiger partial charge in [-0.25, -0.2) is 0 Å². The second-order valence-electron chi connectivity index (χ2n) is 7.85. The molecule has 2 fully saturated rings. The van der Waals surface area contributed by atoms with Crippen LogP contribution in [0, 0.1) is 19.8 Å². The van der Waals surface area contributed by atoms with Gasteiger partial charge in [0.2, 0.25) is 11.8 Å². The van der Waals surface area contributed by atoms with Crippen molar-refractivity contribution in [1.82, 2.24) is 15.0 Å². The summed E-state index contributed by atoms with van der Waals surface area (Å²) in [6.07, 6.45) is 5.02.